The van der Waals surface area contributed by atoms with Crippen LogP contribution in [0.15, 0.2) is 59.0 Å². The summed E-state index contributed by atoms with van der Waals surface area (Å²) in [6.45, 7) is 7.99. The van der Waals surface area contributed by atoms with Crippen molar-refractivity contribution in [1.29, 1.82) is 0 Å². The lowest BCUT2D eigenvalue weighted by atomic mass is 9.98. The second kappa shape index (κ2) is 11.9. The minimum Gasteiger partial charge on any atom is -0.478 e. The van der Waals surface area contributed by atoms with Gasteiger partial charge in [-0.3, -0.25) is 4.90 Å². The van der Waals surface area contributed by atoms with E-state index in [1.807, 2.05) is 45.0 Å². The van der Waals surface area contributed by atoms with Crippen LogP contribution >= 0.6 is 0 Å². The predicted molar refractivity (Wildman–Crippen MR) is 156 cm³/mol. The SMILES string of the molecule is Cc1oc(CN(C(=O)OCC2c3ccccc3-c3ccccc32)C2CCCCN(C(=O)OC(C)(C)C)C2)cc1C(=O)O. The minimum absolute atomic E-state index is 0.0115. The van der Waals surface area contributed by atoms with Crippen molar-refractivity contribution in [1.82, 2.24) is 9.80 Å². The largest absolute Gasteiger partial charge is 0.478 e. The summed E-state index contributed by atoms with van der Waals surface area (Å²) in [5, 5.41) is 9.54. The minimum atomic E-state index is -1.10. The smallest absolute Gasteiger partial charge is 0.410 e. The molecular formula is C33H38N2O7. The molecule has 0 radical (unpaired) electrons. The van der Waals surface area contributed by atoms with Gasteiger partial charge in [-0.05, 0) is 75.3 Å². The average molecular weight is 575 g/mol. The number of carbonyl (C=O) groups is 3. The molecule has 1 aliphatic carbocycles. The molecule has 1 saturated heterocycles. The molecule has 1 N–H and O–H groups in total. The monoisotopic (exact) mass is 574 g/mol. The molecule has 1 aliphatic heterocycles. The maximum atomic E-state index is 13.9. The maximum Gasteiger partial charge on any atom is 0.410 e. The van der Waals surface area contributed by atoms with Crippen molar-refractivity contribution in [2.24, 2.45) is 0 Å². The summed E-state index contributed by atoms with van der Waals surface area (Å²) in [7, 11) is 0. The van der Waals surface area contributed by atoms with Crippen LogP contribution in [0.25, 0.3) is 11.1 Å². The Hall–Kier alpha value is -4.27. The zero-order valence-electron chi connectivity index (χ0n) is 24.6. The number of benzene rings is 2. The predicted octanol–water partition coefficient (Wildman–Crippen LogP) is 6.83. The summed E-state index contributed by atoms with van der Waals surface area (Å²) >= 11 is 0. The molecule has 0 bridgehead atoms. The van der Waals surface area contributed by atoms with Crippen LogP contribution in [-0.2, 0) is 16.0 Å². The van der Waals surface area contributed by atoms with E-state index in [2.05, 4.69) is 24.3 Å². The van der Waals surface area contributed by atoms with E-state index in [0.29, 0.717) is 18.7 Å². The second-order valence-corrected chi connectivity index (χ2v) is 12.0. The number of rotatable bonds is 6. The number of aromatic carboxylic acids is 1. The Morgan fingerprint density at radius 2 is 1.67 bits per heavy atom. The molecule has 0 spiro atoms. The third-order valence-electron chi connectivity index (χ3n) is 7.83. The highest BCUT2D eigenvalue weighted by Gasteiger charge is 2.35. The van der Waals surface area contributed by atoms with Gasteiger partial charge >= 0.3 is 18.2 Å². The van der Waals surface area contributed by atoms with E-state index in [9.17, 15) is 19.5 Å². The number of ether oxygens (including phenoxy) is 2. The highest BCUT2D eigenvalue weighted by atomic mass is 16.6. The van der Waals surface area contributed by atoms with Crippen molar-refractivity contribution in [2.75, 3.05) is 19.7 Å². The summed E-state index contributed by atoms with van der Waals surface area (Å²) in [4.78, 5) is 41.8. The van der Waals surface area contributed by atoms with Gasteiger partial charge in [0.15, 0.2) is 0 Å². The van der Waals surface area contributed by atoms with Crippen molar-refractivity contribution in [3.8, 4) is 11.1 Å². The van der Waals surface area contributed by atoms with Gasteiger partial charge in [0.05, 0.1) is 12.6 Å². The van der Waals surface area contributed by atoms with Gasteiger partial charge in [0.25, 0.3) is 0 Å². The quantitative estimate of drug-likeness (QED) is 0.344. The Morgan fingerprint density at radius 1 is 1.02 bits per heavy atom. The van der Waals surface area contributed by atoms with Gasteiger partial charge in [-0.15, -0.1) is 0 Å². The first-order valence-electron chi connectivity index (χ1n) is 14.4. The molecule has 3 aromatic rings. The van der Waals surface area contributed by atoms with E-state index in [-0.39, 0.29) is 43.0 Å². The number of aryl methyl sites for hydroxylation is 1. The number of hydrogen-bond acceptors (Lipinski definition) is 6. The van der Waals surface area contributed by atoms with Crippen molar-refractivity contribution in [3.63, 3.8) is 0 Å². The Labute approximate surface area is 246 Å². The maximum absolute atomic E-state index is 13.9. The fourth-order valence-electron chi connectivity index (χ4n) is 5.89. The zero-order valence-corrected chi connectivity index (χ0v) is 24.6. The number of furan rings is 1. The molecule has 2 aromatic carbocycles. The Bertz CT molecular complexity index is 1430. The molecule has 9 nitrogen and oxygen atoms in total. The molecule has 2 amide bonds. The van der Waals surface area contributed by atoms with Crippen LogP contribution in [0.3, 0.4) is 0 Å². The van der Waals surface area contributed by atoms with E-state index in [1.165, 1.54) is 6.07 Å². The fraction of sp³-hybridized carbons (Fsp3) is 0.424. The molecule has 9 heteroatoms. The van der Waals surface area contributed by atoms with Gasteiger partial charge in [0.2, 0.25) is 0 Å². The van der Waals surface area contributed by atoms with Crippen LogP contribution in [-0.4, -0.2) is 64.4 Å². The van der Waals surface area contributed by atoms with Crippen LogP contribution in [0.2, 0.25) is 0 Å². The Morgan fingerprint density at radius 3 is 2.26 bits per heavy atom. The highest BCUT2D eigenvalue weighted by molar-refractivity contribution is 5.88. The van der Waals surface area contributed by atoms with Crippen LogP contribution < -0.4 is 0 Å². The van der Waals surface area contributed by atoms with Gasteiger partial charge in [-0.25, -0.2) is 14.4 Å². The molecule has 5 rings (SSSR count). The van der Waals surface area contributed by atoms with Crippen LogP contribution in [0.1, 0.15) is 79.0 Å². The standard InChI is InChI=1S/C33H38N2O7/c1-21-28(30(36)37)17-23(41-21)19-35(22-11-9-10-16-34(18-22)31(38)42-33(2,3)4)32(39)40-20-29-26-14-7-5-12-24(26)25-13-6-8-15-27(25)29/h5-8,12-15,17,22,29H,9-11,16,18-20H2,1-4H3,(H,36,37). The number of hydrogen-bond donors (Lipinski definition) is 1. The zero-order chi connectivity index (χ0) is 30.0. The van der Waals surface area contributed by atoms with Crippen LogP contribution in [0.4, 0.5) is 9.59 Å². The summed E-state index contributed by atoms with van der Waals surface area (Å²) in [5.74, 6) is -0.603. The van der Waals surface area contributed by atoms with E-state index in [1.54, 1.807) is 16.7 Å². The third kappa shape index (κ3) is 6.30. The molecule has 2 aliphatic rings. The number of carbonyl (C=O) groups excluding carboxylic acids is 2. The van der Waals surface area contributed by atoms with Crippen LogP contribution in [0, 0.1) is 6.92 Å². The molecule has 42 heavy (non-hydrogen) atoms. The second-order valence-electron chi connectivity index (χ2n) is 12.0. The highest BCUT2D eigenvalue weighted by Crippen LogP contribution is 2.44. The summed E-state index contributed by atoms with van der Waals surface area (Å²) in [6.07, 6.45) is 1.25. The first-order chi connectivity index (χ1) is 20.0. The number of fused-ring (bicyclic) bond motifs is 3. The Kier molecular flexibility index (Phi) is 8.29. The number of amides is 2. The lowest BCUT2D eigenvalue weighted by Gasteiger charge is -2.33. The van der Waals surface area contributed by atoms with Gasteiger partial charge in [-0.2, -0.15) is 0 Å². The van der Waals surface area contributed by atoms with E-state index in [0.717, 1.165) is 35.1 Å². The van der Waals surface area contributed by atoms with Gasteiger partial charge in [0, 0.05) is 19.0 Å². The lowest BCUT2D eigenvalue weighted by Crippen LogP contribution is -2.48. The van der Waals surface area contributed by atoms with Crippen molar-refractivity contribution < 1.29 is 33.4 Å². The summed E-state index contributed by atoms with van der Waals surface area (Å²) in [6, 6.07) is 17.3. The topological polar surface area (TPSA) is 110 Å². The lowest BCUT2D eigenvalue weighted by molar-refractivity contribution is 0.0184. The first-order valence-corrected chi connectivity index (χ1v) is 14.4. The Balaban J connectivity index is 1.40. The number of likely N-dealkylation sites (tertiary alicyclic amines) is 1. The van der Waals surface area contributed by atoms with Crippen molar-refractivity contribution >= 4 is 18.2 Å². The van der Waals surface area contributed by atoms with Crippen molar-refractivity contribution in [2.45, 2.75) is 71.1 Å². The first kappa shape index (κ1) is 29.2. The molecule has 1 fully saturated rings. The fourth-order valence-corrected chi connectivity index (χ4v) is 5.89. The molecular weight excluding hydrogens is 536 g/mol. The third-order valence-corrected chi connectivity index (χ3v) is 7.83. The molecule has 2 heterocycles. The summed E-state index contributed by atoms with van der Waals surface area (Å²) in [5.41, 5.74) is 3.89. The molecule has 0 saturated carbocycles. The van der Waals surface area contributed by atoms with Gasteiger partial charge < -0.3 is 23.9 Å². The number of carboxylic acids is 1. The normalized spacial score (nSPS) is 16.8. The van der Waals surface area contributed by atoms with E-state index >= 15 is 0 Å². The van der Waals surface area contributed by atoms with Gasteiger partial charge in [-0.1, -0.05) is 48.5 Å². The van der Waals surface area contributed by atoms with Crippen molar-refractivity contribution in [3.05, 3.63) is 82.8 Å². The van der Waals surface area contributed by atoms with E-state index in [4.69, 9.17) is 13.9 Å². The number of carboxylic acid groups (broad SMARTS) is 1. The average Bonchev–Trinajstić information content (AvgIpc) is 3.35. The number of nitrogens with zero attached hydrogens (tertiary/aromatic N) is 2. The molecule has 1 atom stereocenters. The molecule has 1 aromatic heterocycles. The molecule has 222 valence electrons. The van der Waals surface area contributed by atoms with E-state index < -0.39 is 23.8 Å². The van der Waals surface area contributed by atoms with Crippen LogP contribution in [0.5, 0.6) is 0 Å². The van der Waals surface area contributed by atoms with Gasteiger partial charge in [0.1, 0.15) is 29.3 Å². The summed E-state index contributed by atoms with van der Waals surface area (Å²) < 4.78 is 17.4. The molecule has 1 unspecified atom stereocenters.